The standard InChI is InChI=1S/C18H20ClNO/c1-4-18(2,3)13-10-8-12(9-11-13)17(21)16-14(19)6-5-7-15(16)20/h5-11H,4,20H2,1-3H3. The minimum atomic E-state index is -0.140. The van der Waals surface area contributed by atoms with Crippen molar-refractivity contribution in [3.63, 3.8) is 0 Å². The summed E-state index contributed by atoms with van der Waals surface area (Å²) in [5.74, 6) is -0.140. The van der Waals surface area contributed by atoms with Crippen LogP contribution >= 0.6 is 11.6 Å². The summed E-state index contributed by atoms with van der Waals surface area (Å²) < 4.78 is 0. The van der Waals surface area contributed by atoms with Gasteiger partial charge in [-0.3, -0.25) is 4.79 Å². The van der Waals surface area contributed by atoms with E-state index >= 15 is 0 Å². The number of nitrogen functional groups attached to an aromatic ring is 1. The van der Waals surface area contributed by atoms with Gasteiger partial charge < -0.3 is 5.73 Å². The third kappa shape index (κ3) is 3.11. The molecule has 3 heteroatoms. The highest BCUT2D eigenvalue weighted by Crippen LogP contribution is 2.29. The highest BCUT2D eigenvalue weighted by Gasteiger charge is 2.20. The molecule has 0 amide bonds. The van der Waals surface area contributed by atoms with E-state index in [-0.39, 0.29) is 11.2 Å². The van der Waals surface area contributed by atoms with Gasteiger partial charge in [-0.05, 0) is 29.5 Å². The summed E-state index contributed by atoms with van der Waals surface area (Å²) >= 11 is 6.10. The van der Waals surface area contributed by atoms with Crippen LogP contribution in [0.25, 0.3) is 0 Å². The Morgan fingerprint density at radius 2 is 1.76 bits per heavy atom. The highest BCUT2D eigenvalue weighted by molar-refractivity contribution is 6.35. The maximum Gasteiger partial charge on any atom is 0.196 e. The Hall–Kier alpha value is -1.80. The van der Waals surface area contributed by atoms with E-state index in [0.29, 0.717) is 21.8 Å². The van der Waals surface area contributed by atoms with Crippen molar-refractivity contribution in [3.8, 4) is 0 Å². The lowest BCUT2D eigenvalue weighted by Crippen LogP contribution is -2.15. The molecule has 0 atom stereocenters. The van der Waals surface area contributed by atoms with E-state index in [4.69, 9.17) is 17.3 Å². The number of carbonyl (C=O) groups excluding carboxylic acids is 1. The number of carbonyl (C=O) groups is 1. The molecule has 0 spiro atoms. The average Bonchev–Trinajstić information content (AvgIpc) is 2.47. The summed E-state index contributed by atoms with van der Waals surface area (Å²) in [5.41, 5.74) is 8.58. The van der Waals surface area contributed by atoms with Crippen LogP contribution in [0, 0.1) is 0 Å². The fourth-order valence-electron chi connectivity index (χ4n) is 2.20. The predicted octanol–water partition coefficient (Wildman–Crippen LogP) is 4.84. The van der Waals surface area contributed by atoms with Gasteiger partial charge in [-0.2, -0.15) is 0 Å². The average molecular weight is 302 g/mol. The predicted molar refractivity (Wildman–Crippen MR) is 89.1 cm³/mol. The van der Waals surface area contributed by atoms with Crippen molar-refractivity contribution in [3.05, 3.63) is 64.2 Å². The summed E-state index contributed by atoms with van der Waals surface area (Å²) in [6.45, 7) is 6.54. The van der Waals surface area contributed by atoms with Crippen LogP contribution in [0.15, 0.2) is 42.5 Å². The second-order valence-corrected chi connectivity index (χ2v) is 6.26. The Bertz CT molecular complexity index is 639. The van der Waals surface area contributed by atoms with Gasteiger partial charge in [0.15, 0.2) is 5.78 Å². The summed E-state index contributed by atoms with van der Waals surface area (Å²) in [6.07, 6.45) is 1.04. The largest absolute Gasteiger partial charge is 0.398 e. The molecule has 0 aliphatic rings. The van der Waals surface area contributed by atoms with Gasteiger partial charge in [-0.1, -0.05) is 62.7 Å². The van der Waals surface area contributed by atoms with Crippen molar-refractivity contribution in [2.24, 2.45) is 0 Å². The van der Waals surface area contributed by atoms with Crippen LogP contribution < -0.4 is 5.73 Å². The molecule has 0 aliphatic heterocycles. The number of ketones is 1. The lowest BCUT2D eigenvalue weighted by atomic mass is 9.82. The molecule has 0 bridgehead atoms. The number of benzene rings is 2. The first-order valence-corrected chi connectivity index (χ1v) is 7.44. The highest BCUT2D eigenvalue weighted by atomic mass is 35.5. The van der Waals surface area contributed by atoms with Gasteiger partial charge in [0.05, 0.1) is 10.6 Å². The summed E-state index contributed by atoms with van der Waals surface area (Å²) in [7, 11) is 0. The fourth-order valence-corrected chi connectivity index (χ4v) is 2.47. The van der Waals surface area contributed by atoms with Gasteiger partial charge in [0.2, 0.25) is 0 Å². The number of rotatable bonds is 4. The molecular formula is C18H20ClNO. The molecule has 0 aliphatic carbocycles. The summed E-state index contributed by atoms with van der Waals surface area (Å²) in [6, 6.07) is 12.8. The van der Waals surface area contributed by atoms with E-state index in [0.717, 1.165) is 6.42 Å². The smallest absolute Gasteiger partial charge is 0.196 e. The Kier molecular flexibility index (Phi) is 4.38. The van der Waals surface area contributed by atoms with Crippen molar-refractivity contribution in [1.82, 2.24) is 0 Å². The zero-order chi connectivity index (χ0) is 15.6. The van der Waals surface area contributed by atoms with Gasteiger partial charge in [0.1, 0.15) is 0 Å². The first-order valence-electron chi connectivity index (χ1n) is 7.06. The molecule has 2 rings (SSSR count). The van der Waals surface area contributed by atoms with Crippen molar-refractivity contribution in [2.75, 3.05) is 5.73 Å². The molecular weight excluding hydrogens is 282 g/mol. The van der Waals surface area contributed by atoms with E-state index in [1.165, 1.54) is 5.56 Å². The molecule has 0 radical (unpaired) electrons. The molecule has 21 heavy (non-hydrogen) atoms. The molecule has 2 aromatic rings. The first kappa shape index (κ1) is 15.6. The Morgan fingerprint density at radius 3 is 2.29 bits per heavy atom. The molecule has 0 unspecified atom stereocenters. The molecule has 2 nitrogen and oxygen atoms in total. The maximum absolute atomic E-state index is 12.6. The maximum atomic E-state index is 12.6. The Morgan fingerprint density at radius 1 is 1.14 bits per heavy atom. The van der Waals surface area contributed by atoms with E-state index < -0.39 is 0 Å². The normalized spacial score (nSPS) is 11.4. The van der Waals surface area contributed by atoms with Crippen LogP contribution in [-0.4, -0.2) is 5.78 Å². The minimum Gasteiger partial charge on any atom is -0.398 e. The molecule has 0 saturated carbocycles. The number of hydrogen-bond acceptors (Lipinski definition) is 2. The van der Waals surface area contributed by atoms with E-state index in [2.05, 4.69) is 20.8 Å². The molecule has 0 aromatic heterocycles. The minimum absolute atomic E-state index is 0.102. The Labute approximate surface area is 130 Å². The summed E-state index contributed by atoms with van der Waals surface area (Å²) in [4.78, 5) is 12.6. The van der Waals surface area contributed by atoms with Gasteiger partial charge in [-0.25, -0.2) is 0 Å². The first-order chi connectivity index (χ1) is 9.86. The number of anilines is 1. The third-order valence-electron chi connectivity index (χ3n) is 4.09. The monoisotopic (exact) mass is 301 g/mol. The van der Waals surface area contributed by atoms with E-state index in [9.17, 15) is 4.79 Å². The third-order valence-corrected chi connectivity index (χ3v) is 4.40. The van der Waals surface area contributed by atoms with Crippen LogP contribution in [0.5, 0.6) is 0 Å². The lowest BCUT2D eigenvalue weighted by molar-refractivity contribution is 0.103. The second kappa shape index (κ2) is 5.90. The number of hydrogen-bond donors (Lipinski definition) is 1. The Balaban J connectivity index is 2.37. The quantitative estimate of drug-likeness (QED) is 0.648. The lowest BCUT2D eigenvalue weighted by Gasteiger charge is -2.23. The van der Waals surface area contributed by atoms with Crippen molar-refractivity contribution < 1.29 is 4.79 Å². The van der Waals surface area contributed by atoms with Crippen molar-refractivity contribution in [2.45, 2.75) is 32.6 Å². The van der Waals surface area contributed by atoms with E-state index in [1.54, 1.807) is 18.2 Å². The van der Waals surface area contributed by atoms with Crippen molar-refractivity contribution in [1.29, 1.82) is 0 Å². The molecule has 0 saturated heterocycles. The van der Waals surface area contributed by atoms with Gasteiger partial charge >= 0.3 is 0 Å². The van der Waals surface area contributed by atoms with Crippen LogP contribution in [-0.2, 0) is 5.41 Å². The summed E-state index contributed by atoms with van der Waals surface area (Å²) in [5, 5.41) is 0.387. The van der Waals surface area contributed by atoms with Crippen LogP contribution in [0.3, 0.4) is 0 Å². The zero-order valence-electron chi connectivity index (χ0n) is 12.6. The van der Waals surface area contributed by atoms with Gasteiger partial charge in [-0.15, -0.1) is 0 Å². The zero-order valence-corrected chi connectivity index (χ0v) is 13.4. The van der Waals surface area contributed by atoms with Gasteiger partial charge in [0.25, 0.3) is 0 Å². The number of halogens is 1. The SMILES string of the molecule is CCC(C)(C)c1ccc(C(=O)c2c(N)cccc2Cl)cc1. The van der Waals surface area contributed by atoms with E-state index in [1.807, 2.05) is 24.3 Å². The molecule has 110 valence electrons. The van der Waals surface area contributed by atoms with Gasteiger partial charge in [0, 0.05) is 11.3 Å². The number of nitrogens with two attached hydrogens (primary N) is 1. The molecule has 2 N–H and O–H groups in total. The topological polar surface area (TPSA) is 43.1 Å². The molecule has 0 heterocycles. The molecule has 2 aromatic carbocycles. The van der Waals surface area contributed by atoms with Crippen molar-refractivity contribution >= 4 is 23.1 Å². The van der Waals surface area contributed by atoms with Crippen LogP contribution in [0.4, 0.5) is 5.69 Å². The molecule has 0 fully saturated rings. The second-order valence-electron chi connectivity index (χ2n) is 5.85. The van der Waals surface area contributed by atoms with Crippen LogP contribution in [0.1, 0.15) is 48.7 Å². The van der Waals surface area contributed by atoms with Crippen LogP contribution in [0.2, 0.25) is 5.02 Å². The fraction of sp³-hybridized carbons (Fsp3) is 0.278.